The molecule has 1 heterocycles. The number of hydrogen-bond donors (Lipinski definition) is 0. The van der Waals surface area contributed by atoms with Crippen LogP contribution in [0.1, 0.15) is 19.5 Å². The first-order valence-electron chi connectivity index (χ1n) is 7.31. The van der Waals surface area contributed by atoms with Gasteiger partial charge in [0, 0.05) is 25.3 Å². The van der Waals surface area contributed by atoms with Crippen LogP contribution < -0.4 is 4.74 Å². The molecule has 0 N–H and O–H groups in total. The molecule has 0 amide bonds. The zero-order valence-electron chi connectivity index (χ0n) is 13.7. The zero-order chi connectivity index (χ0) is 18.8. The first-order valence-corrected chi connectivity index (χ1v) is 7.31. The van der Waals surface area contributed by atoms with Crippen LogP contribution in [0.5, 0.6) is 5.75 Å². The van der Waals surface area contributed by atoms with Crippen LogP contribution in [0, 0.1) is 10.1 Å². The number of rotatable bonds is 6. The molecule has 0 spiro atoms. The molecule has 0 bridgehead atoms. The summed E-state index contributed by atoms with van der Waals surface area (Å²) >= 11 is 0. The van der Waals surface area contributed by atoms with Gasteiger partial charge in [-0.25, -0.2) is 4.98 Å². The van der Waals surface area contributed by atoms with Crippen LogP contribution in [0.3, 0.4) is 0 Å². The lowest BCUT2D eigenvalue weighted by atomic mass is 10.1. The van der Waals surface area contributed by atoms with Gasteiger partial charge < -0.3 is 14.0 Å². The normalized spacial score (nSPS) is 12.9. The van der Waals surface area contributed by atoms with Crippen molar-refractivity contribution in [2.45, 2.75) is 26.3 Å². The smallest absolute Gasteiger partial charge is 0.433 e. The highest BCUT2D eigenvalue weighted by molar-refractivity contribution is 5.64. The summed E-state index contributed by atoms with van der Waals surface area (Å²) in [5.41, 5.74) is -1.17. The van der Waals surface area contributed by atoms with E-state index in [1.54, 1.807) is 13.8 Å². The van der Waals surface area contributed by atoms with Gasteiger partial charge in [0.15, 0.2) is 12.0 Å². The Kier molecular flexibility index (Phi) is 5.31. The molecule has 0 aliphatic carbocycles. The minimum atomic E-state index is -4.57. The number of aromatic nitrogens is 2. The number of nitrogens with zero attached hydrogens (tertiary/aromatic N) is 3. The standard InChI is InChI=1S/C15H16F3N3O4/c1-4-24-9(2)25-12-6-5-10(7-11(12)21(22)23)14-19-8-13(20(14)3)15(16,17)18/h5-9H,4H2,1-3H3. The van der Waals surface area contributed by atoms with E-state index in [1.165, 1.54) is 19.2 Å². The minimum Gasteiger partial charge on any atom is -0.458 e. The monoisotopic (exact) mass is 359 g/mol. The van der Waals surface area contributed by atoms with Crippen molar-refractivity contribution in [3.8, 4) is 17.1 Å². The molecule has 0 fully saturated rings. The highest BCUT2D eigenvalue weighted by Crippen LogP contribution is 2.35. The van der Waals surface area contributed by atoms with Crippen molar-refractivity contribution in [2.24, 2.45) is 7.05 Å². The van der Waals surface area contributed by atoms with Crippen LogP contribution in [0.25, 0.3) is 11.4 Å². The molecular formula is C15H16F3N3O4. The minimum absolute atomic E-state index is 0.0417. The Balaban J connectivity index is 2.43. The van der Waals surface area contributed by atoms with Crippen LogP contribution in [-0.2, 0) is 18.0 Å². The third-order valence-electron chi connectivity index (χ3n) is 3.39. The molecule has 2 rings (SSSR count). The van der Waals surface area contributed by atoms with Crippen molar-refractivity contribution in [1.82, 2.24) is 9.55 Å². The molecule has 7 nitrogen and oxygen atoms in total. The lowest BCUT2D eigenvalue weighted by Crippen LogP contribution is -2.16. The van der Waals surface area contributed by atoms with Crippen LogP contribution in [-0.4, -0.2) is 27.4 Å². The molecule has 2 aromatic rings. The summed E-state index contributed by atoms with van der Waals surface area (Å²) in [6.45, 7) is 3.69. The topological polar surface area (TPSA) is 79.4 Å². The molecule has 10 heteroatoms. The van der Waals surface area contributed by atoms with Crippen molar-refractivity contribution < 1.29 is 27.6 Å². The Bertz CT molecular complexity index is 774. The highest BCUT2D eigenvalue weighted by atomic mass is 19.4. The van der Waals surface area contributed by atoms with E-state index in [2.05, 4.69) is 4.98 Å². The van der Waals surface area contributed by atoms with Crippen molar-refractivity contribution in [3.63, 3.8) is 0 Å². The number of nitro groups is 1. The number of halogens is 3. The Morgan fingerprint density at radius 2 is 2.08 bits per heavy atom. The van der Waals surface area contributed by atoms with E-state index in [1.807, 2.05) is 0 Å². The lowest BCUT2D eigenvalue weighted by molar-refractivity contribution is -0.386. The number of imidazole rings is 1. The van der Waals surface area contributed by atoms with E-state index in [4.69, 9.17) is 9.47 Å². The van der Waals surface area contributed by atoms with Gasteiger partial charge in [-0.3, -0.25) is 10.1 Å². The summed E-state index contributed by atoms with van der Waals surface area (Å²) in [5.74, 6) is -0.0835. The average Bonchev–Trinajstić information content (AvgIpc) is 2.89. The van der Waals surface area contributed by atoms with Crippen molar-refractivity contribution in [3.05, 3.63) is 40.2 Å². The number of hydrogen-bond acceptors (Lipinski definition) is 5. The number of alkyl halides is 3. The molecule has 1 atom stereocenters. The largest absolute Gasteiger partial charge is 0.458 e. The SMILES string of the molecule is CCOC(C)Oc1ccc(-c2ncc(C(F)(F)F)n2C)cc1[N+](=O)[O-]. The summed E-state index contributed by atoms with van der Waals surface area (Å²) < 4.78 is 49.9. The molecule has 1 unspecified atom stereocenters. The molecule has 0 radical (unpaired) electrons. The van der Waals surface area contributed by atoms with Gasteiger partial charge in [-0.15, -0.1) is 0 Å². The van der Waals surface area contributed by atoms with Gasteiger partial charge in [0.1, 0.15) is 11.5 Å². The van der Waals surface area contributed by atoms with Crippen molar-refractivity contribution in [2.75, 3.05) is 6.61 Å². The van der Waals surface area contributed by atoms with Crippen LogP contribution in [0.2, 0.25) is 0 Å². The third kappa shape index (κ3) is 4.08. The van der Waals surface area contributed by atoms with E-state index in [9.17, 15) is 23.3 Å². The molecule has 0 aliphatic heterocycles. The summed E-state index contributed by atoms with van der Waals surface area (Å²) in [5, 5.41) is 11.3. The fourth-order valence-corrected chi connectivity index (χ4v) is 2.29. The van der Waals surface area contributed by atoms with E-state index < -0.39 is 23.1 Å². The van der Waals surface area contributed by atoms with Gasteiger partial charge in [-0.1, -0.05) is 0 Å². The van der Waals surface area contributed by atoms with E-state index in [-0.39, 0.29) is 22.8 Å². The molecule has 25 heavy (non-hydrogen) atoms. The maximum Gasteiger partial charge on any atom is 0.433 e. The number of nitro benzene ring substituents is 1. The summed E-state index contributed by atoms with van der Waals surface area (Å²) in [6, 6.07) is 3.84. The maximum absolute atomic E-state index is 12.9. The van der Waals surface area contributed by atoms with Crippen LogP contribution >= 0.6 is 0 Å². The highest BCUT2D eigenvalue weighted by Gasteiger charge is 2.35. The second-order valence-corrected chi connectivity index (χ2v) is 5.10. The summed E-state index contributed by atoms with van der Waals surface area (Å²) in [4.78, 5) is 14.3. The van der Waals surface area contributed by atoms with E-state index >= 15 is 0 Å². The molecular weight excluding hydrogens is 343 g/mol. The molecule has 0 saturated carbocycles. The van der Waals surface area contributed by atoms with Gasteiger partial charge in [0.25, 0.3) is 0 Å². The first kappa shape index (κ1) is 18.7. The second kappa shape index (κ2) is 7.09. The van der Waals surface area contributed by atoms with Gasteiger partial charge >= 0.3 is 11.9 Å². The fraction of sp³-hybridized carbons (Fsp3) is 0.400. The molecule has 0 saturated heterocycles. The average molecular weight is 359 g/mol. The summed E-state index contributed by atoms with van der Waals surface area (Å²) in [6.07, 6.45) is -4.59. The van der Waals surface area contributed by atoms with Crippen molar-refractivity contribution in [1.29, 1.82) is 0 Å². The first-order chi connectivity index (χ1) is 11.6. The lowest BCUT2D eigenvalue weighted by Gasteiger charge is -2.15. The molecule has 1 aromatic heterocycles. The Morgan fingerprint density at radius 3 is 2.60 bits per heavy atom. The number of ether oxygens (including phenoxy) is 2. The fourth-order valence-electron chi connectivity index (χ4n) is 2.29. The van der Waals surface area contributed by atoms with Gasteiger partial charge in [-0.05, 0) is 26.0 Å². The Morgan fingerprint density at radius 1 is 1.40 bits per heavy atom. The van der Waals surface area contributed by atoms with Gasteiger partial charge in [0.2, 0.25) is 0 Å². The van der Waals surface area contributed by atoms with E-state index in [0.29, 0.717) is 12.8 Å². The number of benzene rings is 1. The Labute approximate surface area is 141 Å². The maximum atomic E-state index is 12.9. The predicted octanol–water partition coefficient (Wildman–Crippen LogP) is 3.78. The molecule has 0 aliphatic rings. The van der Waals surface area contributed by atoms with Gasteiger partial charge in [-0.2, -0.15) is 13.2 Å². The van der Waals surface area contributed by atoms with Gasteiger partial charge in [0.05, 0.1) is 11.1 Å². The summed E-state index contributed by atoms with van der Waals surface area (Å²) in [7, 11) is 1.19. The quantitative estimate of drug-likeness (QED) is 0.446. The van der Waals surface area contributed by atoms with E-state index in [0.717, 1.165) is 10.6 Å². The van der Waals surface area contributed by atoms with Crippen LogP contribution in [0.15, 0.2) is 24.4 Å². The predicted molar refractivity (Wildman–Crippen MR) is 82.0 cm³/mol. The third-order valence-corrected chi connectivity index (χ3v) is 3.39. The second-order valence-electron chi connectivity index (χ2n) is 5.10. The van der Waals surface area contributed by atoms with Crippen LogP contribution in [0.4, 0.5) is 18.9 Å². The van der Waals surface area contributed by atoms with Crippen molar-refractivity contribution >= 4 is 5.69 Å². The molecule has 1 aromatic carbocycles. The Hall–Kier alpha value is -2.62. The zero-order valence-corrected chi connectivity index (χ0v) is 13.7. The molecule has 136 valence electrons.